The maximum Gasteiger partial charge on any atom is 0.350 e. The zero-order chi connectivity index (χ0) is 21.9. The fourth-order valence-corrected chi connectivity index (χ4v) is 2.43. The number of hydrogen-bond acceptors (Lipinski definition) is 8. The van der Waals surface area contributed by atoms with Crippen LogP contribution in [0.15, 0.2) is 52.9 Å². The number of nitrogens with zero attached hydrogens (tertiary/aromatic N) is 3. The molecule has 0 fully saturated rings. The summed E-state index contributed by atoms with van der Waals surface area (Å²) < 4.78 is 29.5. The van der Waals surface area contributed by atoms with Crippen LogP contribution in [0.25, 0.3) is 11.5 Å². The first-order valence-electron chi connectivity index (χ1n) is 8.89. The molecule has 1 heterocycles. The van der Waals surface area contributed by atoms with Crippen molar-refractivity contribution in [3.63, 3.8) is 0 Å². The minimum atomic E-state index is -1.35. The zero-order valence-corrected chi connectivity index (χ0v) is 16.4. The van der Waals surface area contributed by atoms with E-state index in [9.17, 15) is 19.3 Å². The second-order valence-electron chi connectivity index (χ2n) is 6.86. The first-order valence-corrected chi connectivity index (χ1v) is 8.89. The van der Waals surface area contributed by atoms with E-state index in [-0.39, 0.29) is 17.5 Å². The Morgan fingerprint density at radius 3 is 2.37 bits per heavy atom. The van der Waals surface area contributed by atoms with Gasteiger partial charge in [-0.1, -0.05) is 0 Å². The molecule has 0 aliphatic heterocycles. The number of ether oxygens (including phenoxy) is 2. The molecule has 3 rings (SSSR count). The first kappa shape index (κ1) is 20.9. The smallest absolute Gasteiger partial charge is 0.350 e. The summed E-state index contributed by atoms with van der Waals surface area (Å²) in [6, 6.07) is 10.8. The summed E-state index contributed by atoms with van der Waals surface area (Å²) in [5.74, 6) is -0.617. The largest absolute Gasteiger partial charge is 0.476 e. The maximum absolute atomic E-state index is 13.0. The molecular formula is C20H18FN3O6. The minimum absolute atomic E-state index is 0.0503. The Balaban J connectivity index is 1.66. The summed E-state index contributed by atoms with van der Waals surface area (Å²) >= 11 is 0. The van der Waals surface area contributed by atoms with Crippen molar-refractivity contribution in [1.82, 2.24) is 10.2 Å². The van der Waals surface area contributed by atoms with Crippen LogP contribution in [0.2, 0.25) is 0 Å². The summed E-state index contributed by atoms with van der Waals surface area (Å²) in [5, 5.41) is 18.5. The number of carbonyl (C=O) groups is 1. The predicted molar refractivity (Wildman–Crippen MR) is 102 cm³/mol. The molecule has 0 saturated carbocycles. The summed E-state index contributed by atoms with van der Waals surface area (Å²) in [7, 11) is 0. The van der Waals surface area contributed by atoms with Gasteiger partial charge < -0.3 is 13.9 Å². The van der Waals surface area contributed by atoms with Crippen LogP contribution in [0.5, 0.6) is 5.75 Å². The van der Waals surface area contributed by atoms with Crippen molar-refractivity contribution in [3.05, 3.63) is 70.4 Å². The Kier molecular flexibility index (Phi) is 5.77. The minimum Gasteiger partial charge on any atom is -0.476 e. The maximum atomic E-state index is 13.0. The van der Waals surface area contributed by atoms with Crippen molar-refractivity contribution < 1.29 is 28.0 Å². The Morgan fingerprint density at radius 2 is 1.77 bits per heavy atom. The van der Waals surface area contributed by atoms with E-state index in [1.807, 2.05) is 0 Å². The third-order valence-electron chi connectivity index (χ3n) is 4.08. The molecule has 0 unspecified atom stereocenters. The first-order chi connectivity index (χ1) is 14.2. The second kappa shape index (κ2) is 8.27. The molecule has 156 valence electrons. The number of carbonyl (C=O) groups excluding carboxylic acids is 1. The Bertz CT molecular complexity index is 1050. The SMILES string of the molecule is C[C@H](OC(=O)C(C)(C)Oc1ccc(F)cc1)c1nnc(-c2ccc([N+](=O)[O-])cc2)o1. The number of rotatable bonds is 7. The molecule has 3 aromatic rings. The molecule has 0 N–H and O–H groups in total. The molecule has 30 heavy (non-hydrogen) atoms. The highest BCUT2D eigenvalue weighted by molar-refractivity contribution is 5.79. The summed E-state index contributed by atoms with van der Waals surface area (Å²) in [6.07, 6.45) is -0.868. The fraction of sp³-hybridized carbons (Fsp3) is 0.250. The van der Waals surface area contributed by atoms with Gasteiger partial charge in [0.25, 0.3) is 11.6 Å². The van der Waals surface area contributed by atoms with Crippen molar-refractivity contribution in [1.29, 1.82) is 0 Å². The highest BCUT2D eigenvalue weighted by Crippen LogP contribution is 2.26. The van der Waals surface area contributed by atoms with Crippen molar-refractivity contribution in [2.45, 2.75) is 32.5 Å². The highest BCUT2D eigenvalue weighted by atomic mass is 19.1. The van der Waals surface area contributed by atoms with Crippen LogP contribution in [0.1, 0.15) is 32.8 Å². The van der Waals surface area contributed by atoms with Crippen molar-refractivity contribution in [2.24, 2.45) is 0 Å². The van der Waals surface area contributed by atoms with Crippen LogP contribution >= 0.6 is 0 Å². The number of benzene rings is 2. The van der Waals surface area contributed by atoms with Crippen LogP contribution in [0.4, 0.5) is 10.1 Å². The molecule has 0 radical (unpaired) electrons. The molecule has 9 nitrogen and oxygen atoms in total. The van der Waals surface area contributed by atoms with Gasteiger partial charge in [0.05, 0.1) is 4.92 Å². The van der Waals surface area contributed by atoms with Gasteiger partial charge in [0.1, 0.15) is 11.6 Å². The quantitative estimate of drug-likeness (QED) is 0.319. The number of aromatic nitrogens is 2. The van der Waals surface area contributed by atoms with Crippen molar-refractivity contribution in [3.8, 4) is 17.2 Å². The van der Waals surface area contributed by atoms with Gasteiger partial charge in [0, 0.05) is 17.7 Å². The van der Waals surface area contributed by atoms with Crippen LogP contribution in [-0.4, -0.2) is 26.7 Å². The van der Waals surface area contributed by atoms with Gasteiger partial charge in [-0.25, -0.2) is 9.18 Å². The zero-order valence-electron chi connectivity index (χ0n) is 16.4. The molecule has 1 aromatic heterocycles. The van der Waals surface area contributed by atoms with Crippen molar-refractivity contribution in [2.75, 3.05) is 0 Å². The molecule has 0 spiro atoms. The van der Waals surface area contributed by atoms with Gasteiger partial charge in [-0.05, 0) is 57.2 Å². The molecule has 0 aliphatic carbocycles. The number of nitro benzene ring substituents is 1. The lowest BCUT2D eigenvalue weighted by atomic mass is 10.1. The number of non-ortho nitro benzene ring substituents is 1. The van der Waals surface area contributed by atoms with Crippen LogP contribution in [0.3, 0.4) is 0 Å². The normalized spacial score (nSPS) is 12.3. The van der Waals surface area contributed by atoms with E-state index in [0.717, 1.165) is 0 Å². The Hall–Kier alpha value is -3.82. The summed E-state index contributed by atoms with van der Waals surface area (Å²) in [5.41, 5.74) is -0.935. The van der Waals surface area contributed by atoms with E-state index in [1.165, 1.54) is 62.4 Å². The molecule has 2 aromatic carbocycles. The fourth-order valence-electron chi connectivity index (χ4n) is 2.43. The molecule has 0 bridgehead atoms. The van der Waals surface area contributed by atoms with Gasteiger partial charge >= 0.3 is 5.97 Å². The van der Waals surface area contributed by atoms with Crippen LogP contribution < -0.4 is 4.74 Å². The third-order valence-corrected chi connectivity index (χ3v) is 4.08. The summed E-state index contributed by atoms with van der Waals surface area (Å²) in [4.78, 5) is 22.7. The van der Waals surface area contributed by atoms with Gasteiger partial charge in [0.2, 0.25) is 5.89 Å². The van der Waals surface area contributed by atoms with E-state index in [1.54, 1.807) is 6.92 Å². The van der Waals surface area contributed by atoms with Crippen LogP contribution in [0, 0.1) is 15.9 Å². The molecule has 0 saturated heterocycles. The van der Waals surface area contributed by atoms with E-state index in [2.05, 4.69) is 10.2 Å². The average Bonchev–Trinajstić information content (AvgIpc) is 3.20. The number of esters is 1. The number of halogens is 1. The molecular weight excluding hydrogens is 397 g/mol. The van der Waals surface area contributed by atoms with Gasteiger partial charge in [-0.3, -0.25) is 10.1 Å². The van der Waals surface area contributed by atoms with E-state index < -0.39 is 28.4 Å². The van der Waals surface area contributed by atoms with E-state index >= 15 is 0 Å². The third kappa shape index (κ3) is 4.77. The van der Waals surface area contributed by atoms with Gasteiger partial charge in [-0.2, -0.15) is 0 Å². The molecule has 10 heteroatoms. The Morgan fingerprint density at radius 1 is 1.13 bits per heavy atom. The topological polar surface area (TPSA) is 118 Å². The van der Waals surface area contributed by atoms with Gasteiger partial charge in [-0.15, -0.1) is 10.2 Å². The standard InChI is InChI=1S/C20H18FN3O6/c1-12(28-19(25)20(2,3)30-16-10-6-14(21)7-11-16)17-22-23-18(29-17)13-4-8-15(9-5-13)24(26)27/h4-12H,1-3H3/t12-/m0/s1. The highest BCUT2D eigenvalue weighted by Gasteiger charge is 2.34. The molecule has 1 atom stereocenters. The lowest BCUT2D eigenvalue weighted by Gasteiger charge is -2.25. The van der Waals surface area contributed by atoms with Crippen molar-refractivity contribution >= 4 is 11.7 Å². The number of nitro groups is 1. The van der Waals surface area contributed by atoms with Gasteiger partial charge in [0.15, 0.2) is 11.7 Å². The Labute approximate surface area is 170 Å². The molecule has 0 amide bonds. The van der Waals surface area contributed by atoms with E-state index in [4.69, 9.17) is 13.9 Å². The monoisotopic (exact) mass is 415 g/mol. The van der Waals surface area contributed by atoms with E-state index in [0.29, 0.717) is 11.3 Å². The lowest BCUT2D eigenvalue weighted by Crippen LogP contribution is -2.40. The predicted octanol–water partition coefficient (Wildman–Crippen LogP) is 4.25. The van der Waals surface area contributed by atoms with Crippen LogP contribution in [-0.2, 0) is 9.53 Å². The average molecular weight is 415 g/mol. The summed E-state index contributed by atoms with van der Waals surface area (Å²) in [6.45, 7) is 4.59. The second-order valence-corrected chi connectivity index (χ2v) is 6.86. The number of hydrogen-bond donors (Lipinski definition) is 0. The molecule has 0 aliphatic rings. The lowest BCUT2D eigenvalue weighted by molar-refractivity contribution is -0.384.